The molecule has 2 aliphatic rings. The number of morpholine rings is 1. The van der Waals surface area contributed by atoms with E-state index in [1.54, 1.807) is 4.68 Å². The van der Waals surface area contributed by atoms with Crippen molar-refractivity contribution in [1.82, 2.24) is 34.9 Å². The number of amides is 1. The molecule has 0 radical (unpaired) electrons. The quantitative estimate of drug-likeness (QED) is 0.633. The van der Waals surface area contributed by atoms with E-state index in [4.69, 9.17) is 4.74 Å². The number of nitrogens with zero attached hydrogens (tertiary/aromatic N) is 7. The maximum Gasteiger partial charge on any atom is 0.224 e. The van der Waals surface area contributed by atoms with Gasteiger partial charge in [0.05, 0.1) is 26.3 Å². The van der Waals surface area contributed by atoms with Crippen molar-refractivity contribution in [3.63, 3.8) is 0 Å². The van der Waals surface area contributed by atoms with E-state index in [0.717, 1.165) is 51.8 Å². The van der Waals surface area contributed by atoms with E-state index < -0.39 is 0 Å². The fraction of sp³-hybridized carbons (Fsp3) is 0.889. The normalized spacial score (nSPS) is 22.1. The summed E-state index contributed by atoms with van der Waals surface area (Å²) < 4.78 is 7.14. The highest BCUT2D eigenvalue weighted by molar-refractivity contribution is 5.75. The van der Waals surface area contributed by atoms with Crippen molar-refractivity contribution >= 4 is 5.91 Å². The van der Waals surface area contributed by atoms with Crippen molar-refractivity contribution in [3.8, 4) is 0 Å². The fourth-order valence-electron chi connectivity index (χ4n) is 3.94. The third kappa shape index (κ3) is 5.95. The molecule has 1 aromatic rings. The van der Waals surface area contributed by atoms with Crippen LogP contribution >= 0.6 is 0 Å². The minimum atomic E-state index is 0.163. The Bertz CT molecular complexity index is 588. The number of aryl methyl sites for hydroxylation is 1. The molecular formula is C18H33N7O2. The molecule has 2 fully saturated rings. The second kappa shape index (κ2) is 10.1. The number of rotatable bonds is 8. The number of hydrogen-bond acceptors (Lipinski definition) is 7. The zero-order chi connectivity index (χ0) is 19.1. The molecule has 9 nitrogen and oxygen atoms in total. The fourth-order valence-corrected chi connectivity index (χ4v) is 3.94. The van der Waals surface area contributed by atoms with Crippen LogP contribution in [-0.4, -0.2) is 100 Å². The van der Waals surface area contributed by atoms with Crippen molar-refractivity contribution in [2.24, 2.45) is 5.92 Å². The number of tetrazole rings is 1. The van der Waals surface area contributed by atoms with Crippen molar-refractivity contribution in [3.05, 3.63) is 5.82 Å². The standard InChI is InChI=1S/C18H33N7O2/c1-3-23-7-4-5-16(14-23)13-22(2)18(26)6-8-25-17(19-20-21-25)15-24-9-11-27-12-10-24/h16H,3-15H2,1-2H3/t16-/m1/s1. The molecule has 0 unspecified atom stereocenters. The van der Waals surface area contributed by atoms with Gasteiger partial charge in [0.25, 0.3) is 0 Å². The molecule has 3 rings (SSSR count). The molecule has 27 heavy (non-hydrogen) atoms. The van der Waals surface area contributed by atoms with Crippen LogP contribution in [0.2, 0.25) is 0 Å². The Hall–Kier alpha value is -1.58. The van der Waals surface area contributed by atoms with Gasteiger partial charge >= 0.3 is 0 Å². The smallest absolute Gasteiger partial charge is 0.224 e. The first-order valence-electron chi connectivity index (χ1n) is 10.2. The molecule has 1 atom stereocenters. The zero-order valence-corrected chi connectivity index (χ0v) is 16.7. The highest BCUT2D eigenvalue weighted by Gasteiger charge is 2.22. The minimum Gasteiger partial charge on any atom is -0.379 e. The average molecular weight is 380 g/mol. The first kappa shape index (κ1) is 20.2. The van der Waals surface area contributed by atoms with Gasteiger partial charge in [-0.15, -0.1) is 5.10 Å². The number of likely N-dealkylation sites (tertiary alicyclic amines) is 1. The van der Waals surface area contributed by atoms with E-state index in [2.05, 4.69) is 32.2 Å². The van der Waals surface area contributed by atoms with E-state index in [1.807, 2.05) is 11.9 Å². The first-order chi connectivity index (χ1) is 13.2. The molecule has 0 aromatic carbocycles. The Morgan fingerprint density at radius 2 is 2.07 bits per heavy atom. The second-order valence-electron chi connectivity index (χ2n) is 7.63. The summed E-state index contributed by atoms with van der Waals surface area (Å²) in [6.07, 6.45) is 2.88. The molecule has 0 spiro atoms. The molecular weight excluding hydrogens is 346 g/mol. The Morgan fingerprint density at radius 1 is 1.26 bits per heavy atom. The van der Waals surface area contributed by atoms with Gasteiger partial charge in [-0.1, -0.05) is 6.92 Å². The largest absolute Gasteiger partial charge is 0.379 e. The van der Waals surface area contributed by atoms with Crippen LogP contribution < -0.4 is 0 Å². The number of piperidine rings is 1. The zero-order valence-electron chi connectivity index (χ0n) is 16.7. The van der Waals surface area contributed by atoms with Crippen LogP contribution in [-0.2, 0) is 22.6 Å². The molecule has 0 N–H and O–H groups in total. The van der Waals surface area contributed by atoms with Gasteiger partial charge in [-0.05, 0) is 42.3 Å². The maximum atomic E-state index is 12.6. The molecule has 9 heteroatoms. The molecule has 3 heterocycles. The summed E-state index contributed by atoms with van der Waals surface area (Å²) in [5.74, 6) is 1.56. The summed E-state index contributed by atoms with van der Waals surface area (Å²) in [5.41, 5.74) is 0. The number of aromatic nitrogens is 4. The summed E-state index contributed by atoms with van der Waals surface area (Å²) in [5, 5.41) is 12.0. The van der Waals surface area contributed by atoms with E-state index in [9.17, 15) is 4.79 Å². The van der Waals surface area contributed by atoms with Gasteiger partial charge in [-0.3, -0.25) is 9.69 Å². The molecule has 2 aliphatic heterocycles. The lowest BCUT2D eigenvalue weighted by atomic mass is 9.97. The van der Waals surface area contributed by atoms with Crippen LogP contribution in [0.25, 0.3) is 0 Å². The third-order valence-electron chi connectivity index (χ3n) is 5.62. The van der Waals surface area contributed by atoms with Gasteiger partial charge in [0.2, 0.25) is 5.91 Å². The molecule has 152 valence electrons. The summed E-state index contributed by atoms with van der Waals surface area (Å²) in [4.78, 5) is 19.2. The highest BCUT2D eigenvalue weighted by atomic mass is 16.5. The van der Waals surface area contributed by atoms with E-state index in [-0.39, 0.29) is 5.91 Å². The van der Waals surface area contributed by atoms with Gasteiger partial charge < -0.3 is 14.5 Å². The van der Waals surface area contributed by atoms with Crippen molar-refractivity contribution in [2.75, 3.05) is 59.5 Å². The lowest BCUT2D eigenvalue weighted by Crippen LogP contribution is -2.41. The molecule has 1 aromatic heterocycles. The van der Waals surface area contributed by atoms with Crippen LogP contribution in [0.5, 0.6) is 0 Å². The monoisotopic (exact) mass is 379 g/mol. The first-order valence-corrected chi connectivity index (χ1v) is 10.2. The Labute approximate surface area is 161 Å². The maximum absolute atomic E-state index is 12.6. The second-order valence-corrected chi connectivity index (χ2v) is 7.63. The van der Waals surface area contributed by atoms with Gasteiger partial charge in [0.15, 0.2) is 5.82 Å². The van der Waals surface area contributed by atoms with Crippen LogP contribution in [0.1, 0.15) is 32.0 Å². The van der Waals surface area contributed by atoms with Crippen molar-refractivity contribution in [1.29, 1.82) is 0 Å². The van der Waals surface area contributed by atoms with Gasteiger partial charge in [-0.25, -0.2) is 4.68 Å². The van der Waals surface area contributed by atoms with Crippen molar-refractivity contribution < 1.29 is 9.53 Å². The number of ether oxygens (including phenoxy) is 1. The van der Waals surface area contributed by atoms with E-state index >= 15 is 0 Å². The molecule has 1 amide bonds. The molecule has 2 saturated heterocycles. The predicted octanol–water partition coefficient (Wildman–Crippen LogP) is 0.0857. The molecule has 0 bridgehead atoms. The van der Waals surface area contributed by atoms with E-state index in [0.29, 0.717) is 25.4 Å². The lowest BCUT2D eigenvalue weighted by Gasteiger charge is -2.34. The van der Waals surface area contributed by atoms with Crippen LogP contribution in [0.3, 0.4) is 0 Å². The van der Waals surface area contributed by atoms with Crippen LogP contribution in [0.15, 0.2) is 0 Å². The van der Waals surface area contributed by atoms with Gasteiger partial charge in [-0.2, -0.15) is 0 Å². The number of carbonyl (C=O) groups is 1. The van der Waals surface area contributed by atoms with Crippen LogP contribution in [0.4, 0.5) is 0 Å². The predicted molar refractivity (Wildman–Crippen MR) is 101 cm³/mol. The topological polar surface area (TPSA) is 79.6 Å². The lowest BCUT2D eigenvalue weighted by molar-refractivity contribution is -0.131. The Kier molecular flexibility index (Phi) is 7.54. The third-order valence-corrected chi connectivity index (χ3v) is 5.62. The SMILES string of the molecule is CCN1CCC[C@H](CN(C)C(=O)CCn2nnnc2CN2CCOCC2)C1. The summed E-state index contributed by atoms with van der Waals surface area (Å²) in [6, 6.07) is 0. The summed E-state index contributed by atoms with van der Waals surface area (Å²) in [7, 11) is 1.92. The summed E-state index contributed by atoms with van der Waals surface area (Å²) >= 11 is 0. The molecule has 0 saturated carbocycles. The highest BCUT2D eigenvalue weighted by Crippen LogP contribution is 2.17. The van der Waals surface area contributed by atoms with Crippen molar-refractivity contribution in [2.45, 2.75) is 39.3 Å². The average Bonchev–Trinajstić information content (AvgIpc) is 3.14. The molecule has 0 aliphatic carbocycles. The Morgan fingerprint density at radius 3 is 2.85 bits per heavy atom. The van der Waals surface area contributed by atoms with Crippen LogP contribution in [0, 0.1) is 5.92 Å². The minimum absolute atomic E-state index is 0.163. The van der Waals surface area contributed by atoms with Gasteiger partial charge in [0, 0.05) is 39.6 Å². The Balaban J connectivity index is 1.44. The number of carbonyl (C=O) groups excluding carboxylic acids is 1. The van der Waals surface area contributed by atoms with E-state index in [1.165, 1.54) is 19.4 Å². The summed E-state index contributed by atoms with van der Waals surface area (Å²) in [6.45, 7) is 11.0. The number of hydrogen-bond donors (Lipinski definition) is 0. The van der Waals surface area contributed by atoms with Gasteiger partial charge in [0.1, 0.15) is 0 Å².